The zero-order chi connectivity index (χ0) is 18.9. The van der Waals surface area contributed by atoms with Crippen LogP contribution in [0.2, 0.25) is 0 Å². The molecule has 0 bridgehead atoms. The minimum Gasteiger partial charge on any atom is -0.497 e. The predicted molar refractivity (Wildman–Crippen MR) is 104 cm³/mol. The number of hydrogen-bond donors (Lipinski definition) is 1. The van der Waals surface area contributed by atoms with Crippen molar-refractivity contribution in [3.05, 3.63) is 53.6 Å². The third-order valence-electron chi connectivity index (χ3n) is 4.10. The van der Waals surface area contributed by atoms with Gasteiger partial charge >= 0.3 is 0 Å². The van der Waals surface area contributed by atoms with Crippen LogP contribution in [-0.2, 0) is 13.1 Å². The molecule has 2 rings (SSSR count). The summed E-state index contributed by atoms with van der Waals surface area (Å²) >= 11 is 0. The summed E-state index contributed by atoms with van der Waals surface area (Å²) in [5.74, 6) is 3.20. The van der Waals surface area contributed by atoms with Crippen LogP contribution in [0.4, 0.5) is 0 Å². The molecule has 6 nitrogen and oxygen atoms in total. The van der Waals surface area contributed by atoms with Gasteiger partial charge in [-0.25, -0.2) is 0 Å². The number of rotatable bonds is 7. The smallest absolute Gasteiger partial charge is 0.193 e. The van der Waals surface area contributed by atoms with Crippen molar-refractivity contribution in [2.24, 2.45) is 4.99 Å². The second-order valence-corrected chi connectivity index (χ2v) is 5.75. The van der Waals surface area contributed by atoms with Crippen LogP contribution in [0.15, 0.2) is 47.5 Å². The van der Waals surface area contributed by atoms with Gasteiger partial charge in [-0.05, 0) is 18.2 Å². The van der Waals surface area contributed by atoms with E-state index < -0.39 is 0 Å². The van der Waals surface area contributed by atoms with Gasteiger partial charge in [0.1, 0.15) is 17.2 Å². The molecule has 0 aromatic heterocycles. The molecule has 0 aliphatic carbocycles. The Hall–Kier alpha value is -2.89. The van der Waals surface area contributed by atoms with Crippen LogP contribution in [0, 0.1) is 0 Å². The van der Waals surface area contributed by atoms with Crippen LogP contribution >= 0.6 is 0 Å². The lowest BCUT2D eigenvalue weighted by Gasteiger charge is -2.23. The van der Waals surface area contributed by atoms with Crippen LogP contribution in [0.5, 0.6) is 17.2 Å². The maximum absolute atomic E-state index is 5.45. The van der Waals surface area contributed by atoms with E-state index in [-0.39, 0.29) is 0 Å². The normalized spacial score (nSPS) is 11.0. The molecule has 0 unspecified atom stereocenters. The molecule has 0 saturated carbocycles. The highest BCUT2D eigenvalue weighted by Gasteiger charge is 2.11. The van der Waals surface area contributed by atoms with Crippen LogP contribution in [-0.4, -0.2) is 46.3 Å². The van der Waals surface area contributed by atoms with Crippen molar-refractivity contribution in [2.45, 2.75) is 13.1 Å². The number of aliphatic imine (C=N–C) groups is 1. The Balaban J connectivity index is 2.05. The van der Waals surface area contributed by atoms with Gasteiger partial charge in [0.2, 0.25) is 0 Å². The number of para-hydroxylation sites is 1. The van der Waals surface area contributed by atoms with Gasteiger partial charge < -0.3 is 24.4 Å². The van der Waals surface area contributed by atoms with Crippen LogP contribution < -0.4 is 19.5 Å². The van der Waals surface area contributed by atoms with E-state index in [4.69, 9.17) is 14.2 Å². The number of methoxy groups -OCH3 is 3. The molecular formula is C20H27N3O3. The molecule has 140 valence electrons. The average molecular weight is 357 g/mol. The van der Waals surface area contributed by atoms with Crippen LogP contribution in [0.1, 0.15) is 11.1 Å². The van der Waals surface area contributed by atoms with Crippen molar-refractivity contribution in [2.75, 3.05) is 35.4 Å². The summed E-state index contributed by atoms with van der Waals surface area (Å²) in [6.45, 7) is 1.28. The Kier molecular flexibility index (Phi) is 7.14. The predicted octanol–water partition coefficient (Wildman–Crippen LogP) is 2.92. The highest BCUT2D eigenvalue weighted by molar-refractivity contribution is 5.79. The molecular weight excluding hydrogens is 330 g/mol. The first-order chi connectivity index (χ1) is 12.6. The Morgan fingerprint density at radius 2 is 1.69 bits per heavy atom. The van der Waals surface area contributed by atoms with E-state index in [1.807, 2.05) is 48.3 Å². The molecule has 0 fully saturated rings. The molecule has 1 N–H and O–H groups in total. The monoisotopic (exact) mass is 357 g/mol. The van der Waals surface area contributed by atoms with E-state index in [1.165, 1.54) is 0 Å². The molecule has 0 saturated heterocycles. The van der Waals surface area contributed by atoms with Crippen LogP contribution in [0.25, 0.3) is 0 Å². The third-order valence-corrected chi connectivity index (χ3v) is 4.10. The molecule has 2 aromatic carbocycles. The molecule has 6 heteroatoms. The van der Waals surface area contributed by atoms with Crippen molar-refractivity contribution < 1.29 is 14.2 Å². The Bertz CT molecular complexity index is 747. The van der Waals surface area contributed by atoms with E-state index in [0.29, 0.717) is 13.1 Å². The summed E-state index contributed by atoms with van der Waals surface area (Å²) < 4.78 is 16.1. The van der Waals surface area contributed by atoms with Crippen molar-refractivity contribution >= 4 is 5.96 Å². The number of nitrogens with zero attached hydrogens (tertiary/aromatic N) is 2. The maximum atomic E-state index is 5.45. The lowest BCUT2D eigenvalue weighted by molar-refractivity contribution is 0.389. The second kappa shape index (κ2) is 9.56. The minimum absolute atomic E-state index is 0.593. The van der Waals surface area contributed by atoms with Gasteiger partial charge in [-0.2, -0.15) is 0 Å². The molecule has 26 heavy (non-hydrogen) atoms. The highest BCUT2D eigenvalue weighted by atomic mass is 16.5. The van der Waals surface area contributed by atoms with Crippen molar-refractivity contribution in [3.63, 3.8) is 0 Å². The SMILES string of the molecule is CN=C(NCc1ccc(OC)cc1OC)N(C)Cc1ccccc1OC. The third kappa shape index (κ3) is 4.81. The molecule has 2 aromatic rings. The lowest BCUT2D eigenvalue weighted by atomic mass is 10.2. The summed E-state index contributed by atoms with van der Waals surface area (Å²) in [6, 6.07) is 13.8. The first kappa shape index (κ1) is 19.4. The second-order valence-electron chi connectivity index (χ2n) is 5.75. The van der Waals surface area contributed by atoms with Gasteiger partial charge in [0.05, 0.1) is 21.3 Å². The zero-order valence-electron chi connectivity index (χ0n) is 16.1. The minimum atomic E-state index is 0.593. The number of nitrogens with one attached hydrogen (secondary N) is 1. The van der Waals surface area contributed by atoms with E-state index >= 15 is 0 Å². The maximum Gasteiger partial charge on any atom is 0.193 e. The van der Waals surface area contributed by atoms with Gasteiger partial charge in [0.15, 0.2) is 5.96 Å². The molecule has 0 aliphatic rings. The first-order valence-electron chi connectivity index (χ1n) is 8.37. The van der Waals surface area contributed by atoms with Gasteiger partial charge in [-0.15, -0.1) is 0 Å². The van der Waals surface area contributed by atoms with Gasteiger partial charge in [-0.1, -0.05) is 18.2 Å². The zero-order valence-corrected chi connectivity index (χ0v) is 16.1. The Morgan fingerprint density at radius 3 is 2.35 bits per heavy atom. The highest BCUT2D eigenvalue weighted by Crippen LogP contribution is 2.24. The van der Waals surface area contributed by atoms with E-state index in [9.17, 15) is 0 Å². The molecule has 0 heterocycles. The lowest BCUT2D eigenvalue weighted by Crippen LogP contribution is -2.38. The number of ether oxygens (including phenoxy) is 3. The molecule has 0 aliphatic heterocycles. The van der Waals surface area contributed by atoms with Crippen LogP contribution in [0.3, 0.4) is 0 Å². The van der Waals surface area contributed by atoms with Crippen molar-refractivity contribution in [1.29, 1.82) is 0 Å². The Labute approximate surface area is 155 Å². The molecule has 0 radical (unpaired) electrons. The van der Waals surface area contributed by atoms with E-state index in [2.05, 4.69) is 16.4 Å². The number of hydrogen-bond acceptors (Lipinski definition) is 4. The number of guanidine groups is 1. The van der Waals surface area contributed by atoms with Gasteiger partial charge in [-0.3, -0.25) is 4.99 Å². The quantitative estimate of drug-likeness (QED) is 0.610. The van der Waals surface area contributed by atoms with Crippen molar-refractivity contribution in [1.82, 2.24) is 10.2 Å². The summed E-state index contributed by atoms with van der Waals surface area (Å²) in [4.78, 5) is 6.42. The van der Waals surface area contributed by atoms with E-state index in [0.717, 1.165) is 34.3 Å². The largest absolute Gasteiger partial charge is 0.497 e. The van der Waals surface area contributed by atoms with Gasteiger partial charge in [0, 0.05) is 44.4 Å². The van der Waals surface area contributed by atoms with E-state index in [1.54, 1.807) is 28.4 Å². The van der Waals surface area contributed by atoms with Gasteiger partial charge in [0.25, 0.3) is 0 Å². The topological polar surface area (TPSA) is 55.3 Å². The number of benzene rings is 2. The summed E-state index contributed by atoms with van der Waals surface area (Å²) in [5, 5.41) is 3.37. The fraction of sp³-hybridized carbons (Fsp3) is 0.350. The first-order valence-corrected chi connectivity index (χ1v) is 8.37. The Morgan fingerprint density at radius 1 is 0.962 bits per heavy atom. The average Bonchev–Trinajstić information content (AvgIpc) is 2.68. The fourth-order valence-corrected chi connectivity index (χ4v) is 2.72. The standard InChI is InChI=1S/C20H27N3O3/c1-21-20(23(2)14-16-8-6-7-9-18(16)25-4)22-13-15-10-11-17(24-3)12-19(15)26-5/h6-12H,13-14H2,1-5H3,(H,21,22). The summed E-state index contributed by atoms with van der Waals surface area (Å²) in [7, 11) is 8.74. The molecule has 0 atom stereocenters. The molecule has 0 amide bonds. The van der Waals surface area contributed by atoms with Crippen molar-refractivity contribution in [3.8, 4) is 17.2 Å². The molecule has 0 spiro atoms. The summed E-state index contributed by atoms with van der Waals surface area (Å²) in [5.41, 5.74) is 2.13. The summed E-state index contributed by atoms with van der Waals surface area (Å²) in [6.07, 6.45) is 0. The fourth-order valence-electron chi connectivity index (χ4n) is 2.72.